The van der Waals surface area contributed by atoms with Crippen molar-refractivity contribution < 1.29 is 4.92 Å². The van der Waals surface area contributed by atoms with Gasteiger partial charge in [0.1, 0.15) is 5.69 Å². The van der Waals surface area contributed by atoms with Crippen molar-refractivity contribution in [3.8, 4) is 6.07 Å². The van der Waals surface area contributed by atoms with E-state index in [1.165, 1.54) is 11.6 Å². The fourth-order valence-corrected chi connectivity index (χ4v) is 3.03. The fraction of sp³-hybridized carbons (Fsp3) is 0.278. The third-order valence-corrected chi connectivity index (χ3v) is 4.20. The molecule has 122 valence electrons. The molecule has 1 atom stereocenters. The molecule has 24 heavy (non-hydrogen) atoms. The van der Waals surface area contributed by atoms with Crippen LogP contribution in [-0.2, 0) is 6.54 Å². The van der Waals surface area contributed by atoms with Crippen molar-refractivity contribution in [3.05, 3.63) is 69.8 Å². The van der Waals surface area contributed by atoms with Crippen molar-refractivity contribution in [2.75, 3.05) is 18.4 Å². The van der Waals surface area contributed by atoms with E-state index in [9.17, 15) is 10.1 Å². The van der Waals surface area contributed by atoms with Crippen LogP contribution in [0.15, 0.2) is 48.5 Å². The van der Waals surface area contributed by atoms with Gasteiger partial charge < -0.3 is 5.32 Å². The monoisotopic (exact) mass is 322 g/mol. The second-order valence-corrected chi connectivity index (χ2v) is 5.95. The maximum atomic E-state index is 11.2. The quantitative estimate of drug-likeness (QED) is 0.675. The third kappa shape index (κ3) is 3.70. The Kier molecular flexibility index (Phi) is 4.73. The highest BCUT2D eigenvalue weighted by atomic mass is 16.6. The number of anilines is 1. The number of hydrogen-bond donors (Lipinski definition) is 1. The molecule has 0 radical (unpaired) electrons. The summed E-state index contributed by atoms with van der Waals surface area (Å²) in [6.07, 6.45) is 0.935. The van der Waals surface area contributed by atoms with Crippen molar-refractivity contribution in [3.63, 3.8) is 0 Å². The number of likely N-dealkylation sites (tertiary alicyclic amines) is 1. The maximum absolute atomic E-state index is 11.2. The highest BCUT2D eigenvalue weighted by Crippen LogP contribution is 2.27. The number of nitro benzene ring substituents is 1. The molecule has 1 heterocycles. The highest BCUT2D eigenvalue weighted by molar-refractivity contribution is 5.64. The summed E-state index contributed by atoms with van der Waals surface area (Å²) in [5.74, 6) is 0. The van der Waals surface area contributed by atoms with Gasteiger partial charge in [-0.1, -0.05) is 30.3 Å². The van der Waals surface area contributed by atoms with E-state index in [0.29, 0.717) is 11.3 Å². The second-order valence-electron chi connectivity index (χ2n) is 5.95. The number of hydrogen-bond acceptors (Lipinski definition) is 5. The minimum atomic E-state index is -0.445. The van der Waals surface area contributed by atoms with Gasteiger partial charge in [0.2, 0.25) is 0 Å². The number of benzene rings is 2. The van der Waals surface area contributed by atoms with Crippen LogP contribution in [-0.4, -0.2) is 29.0 Å². The molecule has 0 unspecified atom stereocenters. The SMILES string of the molecule is N#Cc1ccc(N[C@H]2CCN(Cc3ccccc3)C2)c([N+](=O)[O-])c1. The first-order chi connectivity index (χ1) is 11.7. The van der Waals surface area contributed by atoms with Crippen LogP contribution in [0.5, 0.6) is 0 Å². The molecule has 2 aromatic carbocycles. The van der Waals surface area contributed by atoms with Crippen LogP contribution in [0.1, 0.15) is 17.5 Å². The zero-order chi connectivity index (χ0) is 16.9. The van der Waals surface area contributed by atoms with Crippen LogP contribution in [0.4, 0.5) is 11.4 Å². The molecule has 0 amide bonds. The smallest absolute Gasteiger partial charge is 0.293 e. The van der Waals surface area contributed by atoms with E-state index in [0.717, 1.165) is 26.1 Å². The van der Waals surface area contributed by atoms with Gasteiger partial charge in [-0.05, 0) is 24.1 Å². The first-order valence-corrected chi connectivity index (χ1v) is 7.87. The van der Waals surface area contributed by atoms with Gasteiger partial charge in [-0.3, -0.25) is 15.0 Å². The first-order valence-electron chi connectivity index (χ1n) is 7.87. The van der Waals surface area contributed by atoms with Crippen LogP contribution in [0.2, 0.25) is 0 Å². The predicted molar refractivity (Wildman–Crippen MR) is 91.6 cm³/mol. The number of rotatable bonds is 5. The lowest BCUT2D eigenvalue weighted by Gasteiger charge is -2.17. The fourth-order valence-electron chi connectivity index (χ4n) is 3.03. The molecular formula is C18H18N4O2. The lowest BCUT2D eigenvalue weighted by molar-refractivity contribution is -0.384. The van der Waals surface area contributed by atoms with Gasteiger partial charge in [-0.15, -0.1) is 0 Å². The Balaban J connectivity index is 1.65. The summed E-state index contributed by atoms with van der Waals surface area (Å²) in [6.45, 7) is 2.68. The molecule has 1 aliphatic rings. The van der Waals surface area contributed by atoms with Crippen molar-refractivity contribution in [2.24, 2.45) is 0 Å². The standard InChI is InChI=1S/C18H18N4O2/c19-11-15-6-7-17(18(10-15)22(23)24)20-16-8-9-21(13-16)12-14-4-2-1-3-5-14/h1-7,10,16,20H,8-9,12-13H2/t16-/m0/s1. The molecule has 0 aromatic heterocycles. The van der Waals surface area contributed by atoms with E-state index >= 15 is 0 Å². The number of nitriles is 1. The number of nitrogens with one attached hydrogen (secondary N) is 1. The summed E-state index contributed by atoms with van der Waals surface area (Å²) in [5, 5.41) is 23.4. The number of nitro groups is 1. The van der Waals surface area contributed by atoms with E-state index in [-0.39, 0.29) is 11.7 Å². The third-order valence-electron chi connectivity index (χ3n) is 4.20. The van der Waals surface area contributed by atoms with E-state index in [2.05, 4.69) is 22.3 Å². The molecule has 0 saturated carbocycles. The number of nitrogens with zero attached hydrogens (tertiary/aromatic N) is 3. The molecule has 0 bridgehead atoms. The van der Waals surface area contributed by atoms with Gasteiger partial charge in [0.25, 0.3) is 5.69 Å². The average Bonchev–Trinajstić information content (AvgIpc) is 3.03. The molecule has 6 nitrogen and oxygen atoms in total. The summed E-state index contributed by atoms with van der Waals surface area (Å²) in [7, 11) is 0. The van der Waals surface area contributed by atoms with Crippen LogP contribution in [0, 0.1) is 21.4 Å². The Hall–Kier alpha value is -2.91. The molecule has 1 N–H and O–H groups in total. The van der Waals surface area contributed by atoms with Gasteiger partial charge in [-0.2, -0.15) is 5.26 Å². The second kappa shape index (κ2) is 7.11. The summed E-state index contributed by atoms with van der Waals surface area (Å²) in [5.41, 5.74) is 1.99. The Bertz CT molecular complexity index is 770. The summed E-state index contributed by atoms with van der Waals surface area (Å²) >= 11 is 0. The summed E-state index contributed by atoms with van der Waals surface area (Å²) in [6, 6.07) is 16.9. The molecule has 1 aliphatic heterocycles. The van der Waals surface area contributed by atoms with Crippen LogP contribution < -0.4 is 5.32 Å². The Labute approximate surface area is 140 Å². The zero-order valence-corrected chi connectivity index (χ0v) is 13.2. The molecule has 1 fully saturated rings. The molecule has 1 saturated heterocycles. The average molecular weight is 322 g/mol. The minimum Gasteiger partial charge on any atom is -0.375 e. The highest BCUT2D eigenvalue weighted by Gasteiger charge is 2.25. The Morgan fingerprint density at radius 1 is 1.29 bits per heavy atom. The van der Waals surface area contributed by atoms with Crippen LogP contribution in [0.25, 0.3) is 0 Å². The lowest BCUT2D eigenvalue weighted by atomic mass is 10.1. The van der Waals surface area contributed by atoms with Crippen molar-refractivity contribution in [2.45, 2.75) is 19.0 Å². The van der Waals surface area contributed by atoms with Crippen LogP contribution >= 0.6 is 0 Å². The predicted octanol–water partition coefficient (Wildman–Crippen LogP) is 3.15. The van der Waals surface area contributed by atoms with E-state index in [4.69, 9.17) is 5.26 Å². The molecule has 3 rings (SSSR count). The molecule has 0 aliphatic carbocycles. The van der Waals surface area contributed by atoms with Crippen molar-refractivity contribution in [1.82, 2.24) is 4.90 Å². The Morgan fingerprint density at radius 3 is 2.79 bits per heavy atom. The van der Waals surface area contributed by atoms with Crippen LogP contribution in [0.3, 0.4) is 0 Å². The van der Waals surface area contributed by atoms with Gasteiger partial charge in [0.05, 0.1) is 16.6 Å². The molecule has 0 spiro atoms. The van der Waals surface area contributed by atoms with E-state index < -0.39 is 4.92 Å². The molecule has 2 aromatic rings. The Morgan fingerprint density at radius 2 is 2.08 bits per heavy atom. The van der Waals surface area contributed by atoms with Gasteiger partial charge >= 0.3 is 0 Å². The van der Waals surface area contributed by atoms with Gasteiger partial charge in [0, 0.05) is 31.7 Å². The maximum Gasteiger partial charge on any atom is 0.293 e. The van der Waals surface area contributed by atoms with Gasteiger partial charge in [-0.25, -0.2) is 0 Å². The summed E-state index contributed by atoms with van der Waals surface area (Å²) in [4.78, 5) is 13.1. The minimum absolute atomic E-state index is 0.0458. The van der Waals surface area contributed by atoms with E-state index in [1.54, 1.807) is 12.1 Å². The topological polar surface area (TPSA) is 82.2 Å². The lowest BCUT2D eigenvalue weighted by Crippen LogP contribution is -2.26. The normalized spacial score (nSPS) is 17.4. The molecule has 6 heteroatoms. The van der Waals surface area contributed by atoms with Crippen molar-refractivity contribution in [1.29, 1.82) is 5.26 Å². The largest absolute Gasteiger partial charge is 0.375 e. The summed E-state index contributed by atoms with van der Waals surface area (Å²) < 4.78 is 0. The van der Waals surface area contributed by atoms with E-state index in [1.807, 2.05) is 24.3 Å². The zero-order valence-electron chi connectivity index (χ0n) is 13.2. The first kappa shape index (κ1) is 16.0. The molecular weight excluding hydrogens is 304 g/mol. The van der Waals surface area contributed by atoms with Gasteiger partial charge in [0.15, 0.2) is 0 Å². The van der Waals surface area contributed by atoms with Crippen molar-refractivity contribution >= 4 is 11.4 Å².